The lowest BCUT2D eigenvalue weighted by Gasteiger charge is -2.02. The molecule has 9 heavy (non-hydrogen) atoms. The van der Waals surface area contributed by atoms with Crippen LogP contribution < -0.4 is 22.1 Å². The van der Waals surface area contributed by atoms with Gasteiger partial charge in [-0.05, 0) is 0 Å². The third-order valence-electron chi connectivity index (χ3n) is 0.494. The lowest BCUT2D eigenvalue weighted by molar-refractivity contribution is 0.242. The zero-order valence-corrected chi connectivity index (χ0v) is 5.53. The van der Waals surface area contributed by atoms with Gasteiger partial charge in [0, 0.05) is 12.4 Å². The molecule has 0 aliphatic rings. The number of alkyl halides is 1. The predicted octanol–water partition coefficient (Wildman–Crippen LogP) is -1.10. The molecule has 0 aromatic heterocycles. The second-order valence-corrected chi connectivity index (χ2v) is 1.61. The van der Waals surface area contributed by atoms with Crippen molar-refractivity contribution in [2.24, 2.45) is 5.73 Å². The molecule has 0 aromatic rings. The van der Waals surface area contributed by atoms with Crippen molar-refractivity contribution >= 4 is 17.6 Å². The fraction of sp³-hybridized carbons (Fsp3) is 0.667. The van der Waals surface area contributed by atoms with Gasteiger partial charge in [0.2, 0.25) is 0 Å². The molecule has 0 aliphatic heterocycles. The minimum atomic E-state index is -0.642. The molecule has 54 valence electrons. The molecule has 6 heteroatoms. The summed E-state index contributed by atoms with van der Waals surface area (Å²) in [4.78, 5) is 9.94. The summed E-state index contributed by atoms with van der Waals surface area (Å²) in [6, 6.07) is -0.642. The van der Waals surface area contributed by atoms with Gasteiger partial charge in [0.05, 0.1) is 0 Å². The van der Waals surface area contributed by atoms with E-state index >= 15 is 0 Å². The average molecular weight is 153 g/mol. The molecule has 5 N–H and O–H groups in total. The minimum absolute atomic E-state index is 0.466. The van der Waals surface area contributed by atoms with E-state index in [2.05, 4.69) is 22.1 Å². The number of primary amides is 1. The van der Waals surface area contributed by atoms with Crippen LogP contribution in [0.25, 0.3) is 0 Å². The van der Waals surface area contributed by atoms with Crippen molar-refractivity contribution in [3.63, 3.8) is 0 Å². The third-order valence-corrected chi connectivity index (χ3v) is 0.683. The van der Waals surface area contributed by atoms with E-state index in [0.29, 0.717) is 12.4 Å². The molecular formula is C3H9ClN4O. The maximum Gasteiger partial charge on any atom is 0.327 e. The zero-order chi connectivity index (χ0) is 7.11. The molecular weight excluding hydrogens is 144 g/mol. The van der Waals surface area contributed by atoms with Crippen molar-refractivity contribution in [2.45, 2.75) is 0 Å². The van der Waals surface area contributed by atoms with E-state index in [1.54, 1.807) is 0 Å². The second-order valence-electron chi connectivity index (χ2n) is 1.23. The van der Waals surface area contributed by atoms with Crippen LogP contribution in [0.5, 0.6) is 0 Å². The standard InChI is InChI=1S/C3H9ClN4O/c4-1-2-6-8-7-3(5)9/h6,8H,1-2H2,(H3,5,7,9). The Bertz CT molecular complexity index is 87.9. The summed E-state index contributed by atoms with van der Waals surface area (Å²) in [7, 11) is 0. The summed E-state index contributed by atoms with van der Waals surface area (Å²) >= 11 is 5.27. The van der Waals surface area contributed by atoms with E-state index in [1.807, 2.05) is 0 Å². The van der Waals surface area contributed by atoms with Gasteiger partial charge in [-0.1, -0.05) is 0 Å². The first-order valence-electron chi connectivity index (χ1n) is 2.36. The molecule has 2 amide bonds. The maximum absolute atomic E-state index is 9.94. The summed E-state index contributed by atoms with van der Waals surface area (Å²) in [5.74, 6) is 0.466. The Labute approximate surface area is 57.9 Å². The molecule has 0 saturated carbocycles. The van der Waals surface area contributed by atoms with Crippen LogP contribution >= 0.6 is 11.6 Å². The van der Waals surface area contributed by atoms with Crippen molar-refractivity contribution in [1.82, 2.24) is 16.4 Å². The lowest BCUT2D eigenvalue weighted by Crippen LogP contribution is -2.49. The first-order valence-corrected chi connectivity index (χ1v) is 2.90. The van der Waals surface area contributed by atoms with Gasteiger partial charge in [-0.25, -0.2) is 10.2 Å². The molecule has 0 aliphatic carbocycles. The first-order chi connectivity index (χ1) is 4.27. The van der Waals surface area contributed by atoms with Crippen LogP contribution in [0.3, 0.4) is 0 Å². The van der Waals surface area contributed by atoms with Gasteiger partial charge in [0.1, 0.15) is 0 Å². The molecule has 0 bridgehead atoms. The third kappa shape index (κ3) is 7.48. The average Bonchev–Trinajstić information content (AvgIpc) is 1.80. The van der Waals surface area contributed by atoms with Crippen LogP contribution in [-0.2, 0) is 0 Å². The fourth-order valence-electron chi connectivity index (χ4n) is 0.216. The predicted molar refractivity (Wildman–Crippen MR) is 34.6 cm³/mol. The number of rotatable bonds is 4. The molecule has 0 fully saturated rings. The van der Waals surface area contributed by atoms with Gasteiger partial charge in [0.15, 0.2) is 0 Å². The van der Waals surface area contributed by atoms with Gasteiger partial charge in [-0.3, -0.25) is 5.43 Å². The Kier molecular flexibility index (Phi) is 5.29. The van der Waals surface area contributed by atoms with E-state index in [0.717, 1.165) is 0 Å². The summed E-state index contributed by atoms with van der Waals surface area (Å²) < 4.78 is 0. The van der Waals surface area contributed by atoms with E-state index in [4.69, 9.17) is 11.6 Å². The van der Waals surface area contributed by atoms with Crippen molar-refractivity contribution in [1.29, 1.82) is 0 Å². The highest BCUT2D eigenvalue weighted by molar-refractivity contribution is 6.18. The van der Waals surface area contributed by atoms with E-state index < -0.39 is 6.03 Å². The normalized spacial score (nSPS) is 9.00. The molecule has 0 rings (SSSR count). The topological polar surface area (TPSA) is 79.2 Å². The van der Waals surface area contributed by atoms with E-state index in [-0.39, 0.29) is 0 Å². The summed E-state index contributed by atoms with van der Waals surface area (Å²) in [5.41, 5.74) is 11.7. The number of urea groups is 1. The molecule has 0 spiro atoms. The number of hydrazine groups is 2. The van der Waals surface area contributed by atoms with E-state index in [1.165, 1.54) is 0 Å². The Morgan fingerprint density at radius 2 is 2.33 bits per heavy atom. The van der Waals surface area contributed by atoms with Crippen LogP contribution in [0.15, 0.2) is 0 Å². The molecule has 0 heterocycles. The van der Waals surface area contributed by atoms with Gasteiger partial charge in [-0.15, -0.1) is 11.6 Å². The lowest BCUT2D eigenvalue weighted by atomic mass is 10.8. The first kappa shape index (κ1) is 8.48. The monoisotopic (exact) mass is 152 g/mol. The highest BCUT2D eigenvalue weighted by atomic mass is 35.5. The number of hydrogen-bond acceptors (Lipinski definition) is 3. The van der Waals surface area contributed by atoms with Crippen molar-refractivity contribution < 1.29 is 4.79 Å². The number of carbonyl (C=O) groups is 1. The summed E-state index contributed by atoms with van der Waals surface area (Å²) in [6.45, 7) is 0.557. The molecule has 0 radical (unpaired) electrons. The second kappa shape index (κ2) is 5.61. The maximum atomic E-state index is 9.94. The van der Waals surface area contributed by atoms with Crippen molar-refractivity contribution in [3.8, 4) is 0 Å². The number of hydrogen-bond donors (Lipinski definition) is 4. The van der Waals surface area contributed by atoms with E-state index in [9.17, 15) is 4.79 Å². The Morgan fingerprint density at radius 3 is 2.78 bits per heavy atom. The van der Waals surface area contributed by atoms with Crippen molar-refractivity contribution in [3.05, 3.63) is 0 Å². The zero-order valence-electron chi connectivity index (χ0n) is 4.78. The highest BCUT2D eigenvalue weighted by Gasteiger charge is 1.85. The van der Waals surface area contributed by atoms with Gasteiger partial charge < -0.3 is 5.73 Å². The Hall–Kier alpha value is -0.520. The minimum Gasteiger partial charge on any atom is -0.351 e. The van der Waals surface area contributed by atoms with Crippen LogP contribution in [0, 0.1) is 0 Å². The quantitative estimate of drug-likeness (QED) is 0.235. The van der Waals surface area contributed by atoms with Gasteiger partial charge in [-0.2, -0.15) is 5.53 Å². The number of nitrogens with one attached hydrogen (secondary N) is 3. The fourth-order valence-corrected chi connectivity index (χ4v) is 0.310. The van der Waals surface area contributed by atoms with Gasteiger partial charge in [0.25, 0.3) is 0 Å². The molecule has 5 nitrogen and oxygen atoms in total. The summed E-state index contributed by atoms with van der Waals surface area (Å²) in [6.07, 6.45) is 0. The van der Waals surface area contributed by atoms with Crippen LogP contribution in [0.4, 0.5) is 4.79 Å². The Morgan fingerprint density at radius 1 is 1.67 bits per heavy atom. The largest absolute Gasteiger partial charge is 0.351 e. The number of halogens is 1. The molecule has 0 saturated heterocycles. The van der Waals surface area contributed by atoms with Crippen LogP contribution in [0.2, 0.25) is 0 Å². The smallest absolute Gasteiger partial charge is 0.327 e. The van der Waals surface area contributed by atoms with Crippen LogP contribution in [-0.4, -0.2) is 18.5 Å². The molecule has 0 unspecified atom stereocenters. The Balaban J connectivity index is 2.83. The number of amides is 2. The highest BCUT2D eigenvalue weighted by Crippen LogP contribution is 1.64. The number of carbonyl (C=O) groups excluding carboxylic acids is 1. The number of nitrogens with two attached hydrogens (primary N) is 1. The molecule has 0 atom stereocenters. The molecule has 0 aromatic carbocycles. The van der Waals surface area contributed by atoms with Crippen molar-refractivity contribution in [2.75, 3.05) is 12.4 Å². The van der Waals surface area contributed by atoms with Crippen LogP contribution in [0.1, 0.15) is 0 Å². The SMILES string of the molecule is NC(=O)NNNCCCl. The van der Waals surface area contributed by atoms with Gasteiger partial charge >= 0.3 is 6.03 Å². The summed E-state index contributed by atoms with van der Waals surface area (Å²) in [5, 5.41) is 0.